The van der Waals surface area contributed by atoms with E-state index in [2.05, 4.69) is 29.2 Å². The summed E-state index contributed by atoms with van der Waals surface area (Å²) in [5.74, 6) is -0.0163. The van der Waals surface area contributed by atoms with Gasteiger partial charge in [-0.25, -0.2) is 4.98 Å². The molecule has 0 aliphatic carbocycles. The lowest BCUT2D eigenvalue weighted by molar-refractivity contribution is 0.913. The van der Waals surface area contributed by atoms with E-state index in [9.17, 15) is 0 Å². The Morgan fingerprint density at radius 1 is 0.900 bits per heavy atom. The fourth-order valence-electron chi connectivity index (χ4n) is 1.84. The molecular weight excluding hydrogens is 243 g/mol. The molecule has 0 aliphatic rings. The Morgan fingerprint density at radius 3 is 1.70 bits per heavy atom. The van der Waals surface area contributed by atoms with Crippen LogP contribution in [0, 0.1) is 0 Å². The predicted octanol–water partition coefficient (Wildman–Crippen LogP) is 3.36. The van der Waals surface area contributed by atoms with Gasteiger partial charge in [0.15, 0.2) is 0 Å². The summed E-state index contributed by atoms with van der Waals surface area (Å²) in [6.07, 6.45) is 5.39. The van der Waals surface area contributed by atoms with E-state index in [1.807, 2.05) is 54.2 Å². The molecule has 0 aliphatic heterocycles. The minimum Gasteiger partial charge on any atom is -0.341 e. The van der Waals surface area contributed by atoms with Crippen molar-refractivity contribution in [3.8, 4) is 0 Å². The lowest BCUT2D eigenvalue weighted by Gasteiger charge is -2.12. The first kappa shape index (κ1) is 14.1. The van der Waals surface area contributed by atoms with Crippen LogP contribution in [0.4, 0.5) is 0 Å². The average Bonchev–Trinajstić information content (AvgIpc) is 3.00. The number of hydrogen-bond acceptors (Lipinski definition) is 1. The highest BCUT2D eigenvalue weighted by atomic mass is 15.0. The largest absolute Gasteiger partial charge is 0.341 e. The van der Waals surface area contributed by atoms with Gasteiger partial charge in [-0.1, -0.05) is 60.7 Å². The first-order valence-corrected chi connectivity index (χ1v) is 6.55. The monoisotopic (exact) mass is 260 g/mol. The van der Waals surface area contributed by atoms with Crippen LogP contribution < -0.4 is 0 Å². The van der Waals surface area contributed by atoms with Crippen LogP contribution in [0.15, 0.2) is 79.4 Å². The van der Waals surface area contributed by atoms with Gasteiger partial charge >= 0.3 is 0 Å². The van der Waals surface area contributed by atoms with E-state index in [-0.39, 0.29) is 5.82 Å². The highest BCUT2D eigenvalue weighted by Crippen LogP contribution is 2.20. The van der Waals surface area contributed by atoms with Crippen molar-refractivity contribution < 1.29 is 0 Å². The summed E-state index contributed by atoms with van der Waals surface area (Å²) in [5.41, 5.74) is 2.30. The first-order valence-electron chi connectivity index (χ1n) is 6.55. The first-order chi connectivity index (χ1) is 9.77. The maximum atomic E-state index is 6.12. The van der Waals surface area contributed by atoms with Gasteiger partial charge in [-0.15, -0.1) is 0 Å². The zero-order valence-corrected chi connectivity index (χ0v) is 11.6. The second-order valence-electron chi connectivity index (χ2n) is 4.53. The number of hydrogen-bond donors (Lipinski definition) is 0. The Balaban J connectivity index is 0.000000205. The Hall–Kier alpha value is -2.29. The summed E-state index contributed by atoms with van der Waals surface area (Å²) in [4.78, 5) is 3.78. The Bertz CT molecular complexity index is 552. The van der Waals surface area contributed by atoms with Gasteiger partial charge in [0.05, 0.1) is 14.2 Å². The van der Waals surface area contributed by atoms with E-state index >= 15 is 0 Å². The van der Waals surface area contributed by atoms with Crippen LogP contribution in [0.3, 0.4) is 0 Å². The zero-order chi connectivity index (χ0) is 14.2. The van der Waals surface area contributed by atoms with Gasteiger partial charge in [0.2, 0.25) is 0 Å². The van der Waals surface area contributed by atoms with E-state index in [1.54, 1.807) is 12.5 Å². The topological polar surface area (TPSA) is 17.8 Å². The minimum absolute atomic E-state index is 0.0163. The van der Waals surface area contributed by atoms with Gasteiger partial charge < -0.3 is 4.57 Å². The summed E-state index contributed by atoms with van der Waals surface area (Å²) in [6, 6.07) is 20.3. The Labute approximate surface area is 121 Å². The summed E-state index contributed by atoms with van der Waals surface area (Å²) >= 11 is 0. The molecule has 20 heavy (non-hydrogen) atoms. The van der Waals surface area contributed by atoms with Crippen molar-refractivity contribution in [2.45, 2.75) is 5.82 Å². The molecule has 1 heterocycles. The number of nitrogens with zero attached hydrogens (tertiary/aromatic N) is 2. The SMILES string of the molecule is Cn1ccnc1.[B]C(c1ccccc1)c1ccccc1. The standard InChI is InChI=1S/C13H11B.C4H6N2/c14-13(11-7-3-1-4-8-11)12-9-5-2-6-10-12;1-6-3-2-5-4-6/h1-10,13H;2-4H,1H3. The Morgan fingerprint density at radius 2 is 1.40 bits per heavy atom. The van der Waals surface area contributed by atoms with Crippen LogP contribution in [-0.4, -0.2) is 17.4 Å². The Kier molecular flexibility index (Phi) is 5.19. The summed E-state index contributed by atoms with van der Waals surface area (Å²) in [5, 5.41) is 0. The van der Waals surface area contributed by atoms with Crippen LogP contribution >= 0.6 is 0 Å². The maximum absolute atomic E-state index is 6.12. The van der Waals surface area contributed by atoms with Crippen molar-refractivity contribution in [2.75, 3.05) is 0 Å². The molecule has 98 valence electrons. The third kappa shape index (κ3) is 4.13. The molecule has 3 aromatic rings. The van der Waals surface area contributed by atoms with Crippen molar-refractivity contribution >= 4 is 7.85 Å². The summed E-state index contributed by atoms with van der Waals surface area (Å²) < 4.78 is 1.89. The van der Waals surface area contributed by atoms with Crippen LogP contribution in [0.1, 0.15) is 16.9 Å². The fraction of sp³-hybridized carbons (Fsp3) is 0.118. The molecule has 0 spiro atoms. The molecule has 3 heteroatoms. The predicted molar refractivity (Wildman–Crippen MR) is 83.7 cm³/mol. The van der Waals surface area contributed by atoms with Gasteiger partial charge in [-0.3, -0.25) is 0 Å². The quantitative estimate of drug-likeness (QED) is 0.646. The van der Waals surface area contributed by atoms with Crippen molar-refractivity contribution in [1.29, 1.82) is 0 Å². The lowest BCUT2D eigenvalue weighted by atomic mass is 9.76. The second kappa shape index (κ2) is 7.34. The summed E-state index contributed by atoms with van der Waals surface area (Å²) in [6.45, 7) is 0. The van der Waals surface area contributed by atoms with Crippen molar-refractivity contribution in [3.63, 3.8) is 0 Å². The lowest BCUT2D eigenvalue weighted by Crippen LogP contribution is -1.99. The highest BCUT2D eigenvalue weighted by molar-refractivity contribution is 6.14. The van der Waals surface area contributed by atoms with Crippen LogP contribution in [0.5, 0.6) is 0 Å². The molecule has 0 bridgehead atoms. The molecule has 0 unspecified atom stereocenters. The van der Waals surface area contributed by atoms with E-state index in [1.165, 1.54) is 0 Å². The van der Waals surface area contributed by atoms with Gasteiger partial charge in [0, 0.05) is 19.4 Å². The van der Waals surface area contributed by atoms with Crippen LogP contribution in [0.25, 0.3) is 0 Å². The van der Waals surface area contributed by atoms with E-state index < -0.39 is 0 Å². The number of aromatic nitrogens is 2. The van der Waals surface area contributed by atoms with Gasteiger partial charge in [0.1, 0.15) is 0 Å². The van der Waals surface area contributed by atoms with E-state index in [4.69, 9.17) is 7.85 Å². The normalized spacial score (nSPS) is 9.90. The zero-order valence-electron chi connectivity index (χ0n) is 11.6. The third-order valence-electron chi connectivity index (χ3n) is 2.95. The minimum atomic E-state index is -0.0163. The molecule has 0 fully saturated rings. The number of rotatable bonds is 2. The van der Waals surface area contributed by atoms with E-state index in [0.29, 0.717) is 0 Å². The molecule has 3 rings (SSSR count). The van der Waals surface area contributed by atoms with Gasteiger partial charge in [-0.2, -0.15) is 0 Å². The van der Waals surface area contributed by atoms with Crippen LogP contribution in [0.2, 0.25) is 0 Å². The molecule has 2 aromatic carbocycles. The maximum Gasteiger partial charge on any atom is 0.0943 e. The summed E-state index contributed by atoms with van der Waals surface area (Å²) in [7, 11) is 8.05. The number of aryl methyl sites for hydroxylation is 1. The smallest absolute Gasteiger partial charge is 0.0943 e. The van der Waals surface area contributed by atoms with Crippen molar-refractivity contribution in [2.24, 2.45) is 7.05 Å². The highest BCUT2D eigenvalue weighted by Gasteiger charge is 2.05. The number of imidazole rings is 1. The van der Waals surface area contributed by atoms with Crippen molar-refractivity contribution in [1.82, 2.24) is 9.55 Å². The molecular formula is C17H17BN2. The number of benzene rings is 2. The molecule has 1 aromatic heterocycles. The fourth-order valence-corrected chi connectivity index (χ4v) is 1.84. The molecule has 2 nitrogen and oxygen atoms in total. The average molecular weight is 260 g/mol. The van der Waals surface area contributed by atoms with Crippen LogP contribution in [-0.2, 0) is 7.05 Å². The van der Waals surface area contributed by atoms with E-state index in [0.717, 1.165) is 11.1 Å². The third-order valence-corrected chi connectivity index (χ3v) is 2.95. The van der Waals surface area contributed by atoms with Crippen molar-refractivity contribution in [3.05, 3.63) is 90.5 Å². The van der Waals surface area contributed by atoms with Gasteiger partial charge in [-0.05, 0) is 16.9 Å². The van der Waals surface area contributed by atoms with Gasteiger partial charge in [0.25, 0.3) is 0 Å². The molecule has 0 saturated heterocycles. The molecule has 0 atom stereocenters. The second-order valence-corrected chi connectivity index (χ2v) is 4.53. The molecule has 2 radical (unpaired) electrons. The molecule has 0 amide bonds. The molecule has 0 N–H and O–H groups in total. The molecule has 0 saturated carbocycles.